The van der Waals surface area contributed by atoms with E-state index in [4.69, 9.17) is 14.2 Å². The molecule has 2 aromatic heterocycles. The number of hydrogen-bond donors (Lipinski definition) is 2. The second kappa shape index (κ2) is 11.6. The minimum atomic E-state index is -1.61. The van der Waals surface area contributed by atoms with Gasteiger partial charge in [0, 0.05) is 0 Å². The maximum Gasteiger partial charge on any atom is 0.278 e. The van der Waals surface area contributed by atoms with Crippen molar-refractivity contribution in [2.75, 3.05) is 20.8 Å². The first-order valence-corrected chi connectivity index (χ1v) is 14.3. The Bertz CT molecular complexity index is 1660. The van der Waals surface area contributed by atoms with Crippen molar-refractivity contribution in [3.05, 3.63) is 119 Å². The van der Waals surface area contributed by atoms with E-state index >= 15 is 4.39 Å². The summed E-state index contributed by atoms with van der Waals surface area (Å²) in [7, 11) is 3.21. The fourth-order valence-corrected chi connectivity index (χ4v) is 6.82. The Kier molecular flexibility index (Phi) is 7.72. The molecule has 3 aromatic carbocycles. The number of thioether (sulfide) groups is 1. The minimum Gasteiger partial charge on any atom is -0.497 e. The van der Waals surface area contributed by atoms with Crippen LogP contribution in [0.15, 0.2) is 96.3 Å². The molecule has 1 aliphatic rings. The number of nitrogens with zero attached hydrogens (tertiary/aromatic N) is 3. The van der Waals surface area contributed by atoms with Crippen molar-refractivity contribution in [1.29, 1.82) is 0 Å². The quantitative estimate of drug-likeness (QED) is 0.243. The molecule has 0 radical (unpaired) electrons. The molecule has 4 atom stereocenters. The normalized spacial score (nSPS) is 20.6. The van der Waals surface area contributed by atoms with Crippen LogP contribution in [0.1, 0.15) is 22.1 Å². The highest BCUT2D eigenvalue weighted by atomic mass is 32.2. The molecule has 1 saturated heterocycles. The molecule has 0 saturated carbocycles. The van der Waals surface area contributed by atoms with Crippen LogP contribution in [0.25, 0.3) is 11.2 Å². The van der Waals surface area contributed by atoms with Crippen molar-refractivity contribution < 1.29 is 23.7 Å². The molecule has 6 rings (SSSR count). The fraction of sp³-hybridized carbons (Fsp3) is 0.258. The third-order valence-corrected chi connectivity index (χ3v) is 9.10. The first-order chi connectivity index (χ1) is 20.5. The van der Waals surface area contributed by atoms with Crippen molar-refractivity contribution in [1.82, 2.24) is 19.5 Å². The topological polar surface area (TPSA) is 111 Å². The number of imidazole rings is 1. The van der Waals surface area contributed by atoms with Crippen molar-refractivity contribution in [3.8, 4) is 11.5 Å². The number of hydrogen-bond acceptors (Lipinski definition) is 8. The summed E-state index contributed by atoms with van der Waals surface area (Å²) in [6, 6.07) is 24.9. The predicted octanol–water partition coefficient (Wildman–Crippen LogP) is 4.46. The summed E-state index contributed by atoms with van der Waals surface area (Å²) >= 11 is 1.22. The number of aliphatic hydroxyl groups excluding tert-OH is 1. The average Bonchev–Trinajstić information content (AvgIpc) is 3.59. The molecule has 42 heavy (non-hydrogen) atoms. The van der Waals surface area contributed by atoms with Crippen LogP contribution in [0, 0.1) is 0 Å². The van der Waals surface area contributed by atoms with E-state index in [0.29, 0.717) is 11.5 Å². The first-order valence-electron chi connectivity index (χ1n) is 13.3. The van der Waals surface area contributed by atoms with Gasteiger partial charge < -0.3 is 24.3 Å². The van der Waals surface area contributed by atoms with Crippen LogP contribution in [0.2, 0.25) is 0 Å². The molecular weight excluding hydrogens is 559 g/mol. The van der Waals surface area contributed by atoms with Crippen molar-refractivity contribution in [2.45, 2.75) is 28.5 Å². The number of ether oxygens (including phenoxy) is 3. The average molecular weight is 589 g/mol. The molecule has 11 heteroatoms. The molecule has 216 valence electrons. The van der Waals surface area contributed by atoms with Gasteiger partial charge in [0.25, 0.3) is 5.56 Å². The van der Waals surface area contributed by atoms with Crippen molar-refractivity contribution in [2.24, 2.45) is 0 Å². The predicted molar refractivity (Wildman–Crippen MR) is 158 cm³/mol. The van der Waals surface area contributed by atoms with Crippen LogP contribution in [0.3, 0.4) is 0 Å². The van der Waals surface area contributed by atoms with E-state index in [2.05, 4.69) is 15.0 Å². The second-order valence-corrected chi connectivity index (χ2v) is 11.2. The zero-order valence-corrected chi connectivity index (χ0v) is 23.7. The van der Waals surface area contributed by atoms with Crippen LogP contribution in [0.4, 0.5) is 4.39 Å². The van der Waals surface area contributed by atoms with Gasteiger partial charge >= 0.3 is 0 Å². The zero-order chi connectivity index (χ0) is 29.3. The van der Waals surface area contributed by atoms with Gasteiger partial charge in [-0.2, -0.15) is 0 Å². The maximum atomic E-state index is 15.8. The van der Waals surface area contributed by atoms with Crippen LogP contribution < -0.4 is 15.0 Å². The summed E-state index contributed by atoms with van der Waals surface area (Å²) < 4.78 is 35.0. The van der Waals surface area contributed by atoms with Gasteiger partial charge in [-0.25, -0.2) is 14.4 Å². The Hall–Kier alpha value is -4.19. The van der Waals surface area contributed by atoms with Crippen LogP contribution in [-0.2, 0) is 10.3 Å². The van der Waals surface area contributed by atoms with Gasteiger partial charge in [-0.15, -0.1) is 11.8 Å². The maximum absolute atomic E-state index is 15.8. The number of aliphatic hydroxyl groups is 1. The lowest BCUT2D eigenvalue weighted by atomic mass is 9.80. The summed E-state index contributed by atoms with van der Waals surface area (Å²) in [5.41, 5.74) is 1.36. The Morgan fingerprint density at radius 3 is 2.12 bits per heavy atom. The van der Waals surface area contributed by atoms with E-state index < -0.39 is 34.1 Å². The summed E-state index contributed by atoms with van der Waals surface area (Å²) in [5, 5.41) is 9.50. The molecule has 0 aliphatic carbocycles. The first kappa shape index (κ1) is 28.0. The number of aromatic amines is 1. The van der Waals surface area contributed by atoms with Gasteiger partial charge in [-0.3, -0.25) is 9.36 Å². The van der Waals surface area contributed by atoms with Gasteiger partial charge in [0.05, 0.1) is 38.7 Å². The Morgan fingerprint density at radius 2 is 1.52 bits per heavy atom. The number of methoxy groups -OCH3 is 2. The molecule has 5 aromatic rings. The standard InChI is InChI=1S/C31H29FN4O5S/c1-39-22-12-8-20(9-13-22)31(19-6-4-3-5-7-19,21-10-14-23(40-2)15-11-21)41-16-24-25(32)27(37)30(42-24)36-18-35-26-28(36)33-17-34-29(26)38/h3-15,17-18,24-25,27,30,37H,16H2,1-2H3,(H,33,34,38)/t24-,25-,27-,30-/m1/s1. The molecular formula is C31H29FN4O5S. The molecule has 1 aliphatic heterocycles. The number of rotatable bonds is 9. The van der Waals surface area contributed by atoms with Gasteiger partial charge in [-0.05, 0) is 41.0 Å². The summed E-state index contributed by atoms with van der Waals surface area (Å²) in [4.78, 5) is 23.0. The lowest BCUT2D eigenvalue weighted by Gasteiger charge is -2.37. The molecule has 0 bridgehead atoms. The Morgan fingerprint density at radius 1 is 0.929 bits per heavy atom. The Labute approximate surface area is 245 Å². The molecule has 2 N–H and O–H groups in total. The number of nitrogens with one attached hydrogen (secondary N) is 1. The number of halogens is 1. The number of H-pyrrole nitrogens is 1. The van der Waals surface area contributed by atoms with E-state index in [9.17, 15) is 9.90 Å². The Balaban J connectivity index is 1.39. The smallest absolute Gasteiger partial charge is 0.278 e. The van der Waals surface area contributed by atoms with E-state index in [0.717, 1.165) is 16.7 Å². The number of alkyl halides is 1. The summed E-state index contributed by atoms with van der Waals surface area (Å²) in [5.74, 6) is 1.38. The highest BCUT2D eigenvalue weighted by Crippen LogP contribution is 2.47. The van der Waals surface area contributed by atoms with Crippen molar-refractivity contribution in [3.63, 3.8) is 0 Å². The van der Waals surface area contributed by atoms with E-state index in [1.54, 1.807) is 18.8 Å². The van der Waals surface area contributed by atoms with Crippen LogP contribution in [0.5, 0.6) is 11.5 Å². The number of fused-ring (bicyclic) bond motifs is 1. The fourth-order valence-electron chi connectivity index (χ4n) is 5.40. The second-order valence-electron chi connectivity index (χ2n) is 9.87. The highest BCUT2D eigenvalue weighted by Gasteiger charge is 2.47. The van der Waals surface area contributed by atoms with Gasteiger partial charge in [-0.1, -0.05) is 54.6 Å². The van der Waals surface area contributed by atoms with Crippen LogP contribution in [-0.4, -0.2) is 63.0 Å². The SMILES string of the molecule is COc1ccc(C(OC[C@H]2S[C@@H](n3cnc4c(=O)[nH]cnc43)[C@H](O)[C@@H]2F)(c2ccccc2)c2ccc(OC)cc2)cc1. The zero-order valence-electron chi connectivity index (χ0n) is 22.9. The van der Waals surface area contributed by atoms with E-state index in [-0.39, 0.29) is 17.8 Å². The third-order valence-electron chi connectivity index (χ3n) is 7.56. The molecule has 1 fully saturated rings. The van der Waals surface area contributed by atoms with Crippen LogP contribution >= 0.6 is 11.8 Å². The van der Waals surface area contributed by atoms with Gasteiger partial charge in [0.1, 0.15) is 34.7 Å². The third kappa shape index (κ3) is 4.83. The highest BCUT2D eigenvalue weighted by molar-refractivity contribution is 8.00. The lowest BCUT2D eigenvalue weighted by Crippen LogP contribution is -2.37. The monoisotopic (exact) mass is 588 g/mol. The number of benzene rings is 3. The molecule has 0 unspecified atom stereocenters. The molecule has 0 spiro atoms. The van der Waals surface area contributed by atoms with Gasteiger partial charge in [0.2, 0.25) is 0 Å². The van der Waals surface area contributed by atoms with Gasteiger partial charge in [0.15, 0.2) is 11.2 Å². The van der Waals surface area contributed by atoms with Crippen molar-refractivity contribution >= 4 is 22.9 Å². The summed E-state index contributed by atoms with van der Waals surface area (Å²) in [6.07, 6.45) is -0.303. The van der Waals surface area contributed by atoms with E-state index in [1.165, 1.54) is 24.4 Å². The largest absolute Gasteiger partial charge is 0.497 e. The minimum absolute atomic E-state index is 0.0347. The summed E-state index contributed by atoms with van der Waals surface area (Å²) in [6.45, 7) is -0.0347. The molecule has 0 amide bonds. The molecule has 3 heterocycles. The lowest BCUT2D eigenvalue weighted by molar-refractivity contribution is -0.00568. The molecule has 9 nitrogen and oxygen atoms in total. The van der Waals surface area contributed by atoms with E-state index in [1.807, 2.05) is 78.9 Å². The number of aromatic nitrogens is 4.